The summed E-state index contributed by atoms with van der Waals surface area (Å²) in [5, 5.41) is 3.41. The molecule has 144 valence electrons. The summed E-state index contributed by atoms with van der Waals surface area (Å²) in [6.45, 7) is 1.98. The van der Waals surface area contributed by atoms with Crippen LogP contribution >= 0.6 is 0 Å². The third-order valence-electron chi connectivity index (χ3n) is 5.01. The van der Waals surface area contributed by atoms with E-state index in [4.69, 9.17) is 4.74 Å². The van der Waals surface area contributed by atoms with E-state index in [0.29, 0.717) is 22.9 Å². The van der Waals surface area contributed by atoms with Crippen LogP contribution in [0.25, 0.3) is 0 Å². The van der Waals surface area contributed by atoms with Crippen molar-refractivity contribution in [1.29, 1.82) is 0 Å². The summed E-state index contributed by atoms with van der Waals surface area (Å²) in [4.78, 5) is 35.0. The normalized spacial score (nSPS) is 18.5. The molecule has 1 aliphatic heterocycles. The number of esters is 1. The Hall–Kier alpha value is -3.42. The van der Waals surface area contributed by atoms with Gasteiger partial charge in [-0.25, -0.2) is 14.8 Å². The number of imidazole rings is 2. The molecule has 8 nitrogen and oxygen atoms in total. The van der Waals surface area contributed by atoms with E-state index in [9.17, 15) is 9.59 Å². The van der Waals surface area contributed by atoms with Gasteiger partial charge >= 0.3 is 5.97 Å². The van der Waals surface area contributed by atoms with Gasteiger partial charge in [0.05, 0.1) is 17.7 Å². The van der Waals surface area contributed by atoms with Gasteiger partial charge in [-0.1, -0.05) is 6.07 Å². The maximum atomic E-state index is 13.7. The number of rotatable bonds is 4. The van der Waals surface area contributed by atoms with Gasteiger partial charge in [0.1, 0.15) is 23.6 Å². The van der Waals surface area contributed by atoms with Crippen LogP contribution in [0.3, 0.4) is 0 Å². The first-order valence-electron chi connectivity index (χ1n) is 9.08. The summed E-state index contributed by atoms with van der Waals surface area (Å²) in [6, 6.07) is 4.73. The van der Waals surface area contributed by atoms with E-state index in [1.807, 2.05) is 29.4 Å². The second kappa shape index (κ2) is 6.95. The molecule has 0 amide bonds. The van der Waals surface area contributed by atoms with Crippen LogP contribution in [-0.4, -0.2) is 37.5 Å². The lowest BCUT2D eigenvalue weighted by atomic mass is 9.82. The first-order valence-corrected chi connectivity index (χ1v) is 9.08. The largest absolute Gasteiger partial charge is 0.462 e. The molecule has 0 saturated heterocycles. The van der Waals surface area contributed by atoms with Crippen LogP contribution in [0.2, 0.25) is 0 Å². The number of hydrogen-bond acceptors (Lipinski definition) is 6. The number of carbonyl (C=O) groups is 2. The first kappa shape index (κ1) is 18.0. The number of benzene rings is 1. The Balaban J connectivity index is 1.90. The molecule has 0 fully saturated rings. The highest BCUT2D eigenvalue weighted by Gasteiger charge is 2.43. The molecule has 1 aliphatic rings. The maximum Gasteiger partial charge on any atom is 0.338 e. The van der Waals surface area contributed by atoms with Gasteiger partial charge in [0.15, 0.2) is 5.78 Å². The number of carbonyl (C=O) groups excluding carboxylic acids is 2. The van der Waals surface area contributed by atoms with Crippen molar-refractivity contribution in [2.24, 2.45) is 14.1 Å². The van der Waals surface area contributed by atoms with Gasteiger partial charge in [-0.3, -0.25) is 4.79 Å². The van der Waals surface area contributed by atoms with Crippen molar-refractivity contribution in [3.05, 3.63) is 65.8 Å². The van der Waals surface area contributed by atoms with E-state index in [2.05, 4.69) is 15.3 Å². The molecule has 2 atom stereocenters. The lowest BCUT2D eigenvalue weighted by molar-refractivity contribution is 0.0522. The zero-order chi connectivity index (χ0) is 19.8. The summed E-state index contributed by atoms with van der Waals surface area (Å²) < 4.78 is 8.85. The van der Waals surface area contributed by atoms with Crippen LogP contribution < -0.4 is 5.32 Å². The van der Waals surface area contributed by atoms with Crippen molar-refractivity contribution in [2.75, 3.05) is 11.9 Å². The van der Waals surface area contributed by atoms with E-state index in [1.54, 1.807) is 43.7 Å². The fraction of sp³-hybridized carbons (Fsp3) is 0.300. The topological polar surface area (TPSA) is 91.0 Å². The Bertz CT molecular complexity index is 1050. The van der Waals surface area contributed by atoms with Crippen molar-refractivity contribution in [3.8, 4) is 0 Å². The van der Waals surface area contributed by atoms with Gasteiger partial charge in [0.2, 0.25) is 0 Å². The van der Waals surface area contributed by atoms with Gasteiger partial charge in [0.25, 0.3) is 0 Å². The molecular weight excluding hydrogens is 358 g/mol. The molecule has 3 heterocycles. The van der Waals surface area contributed by atoms with Crippen molar-refractivity contribution in [2.45, 2.75) is 18.9 Å². The number of hydrogen-bond donors (Lipinski definition) is 1. The summed E-state index contributed by atoms with van der Waals surface area (Å²) in [7, 11) is 3.73. The quantitative estimate of drug-likeness (QED) is 0.700. The number of nitrogens with zero attached hydrogens (tertiary/aromatic N) is 4. The average molecular weight is 379 g/mol. The average Bonchev–Trinajstić information content (AvgIpc) is 3.29. The minimum absolute atomic E-state index is 0.181. The standard InChI is InChI=1S/C20H21N5O3/c1-4-28-20(27)12-6-5-7-13-14(12)17(26)15(18-21-8-10-24(18)2)16(23-13)19-22-9-11-25(19)3/h5-11,15-16,23H,4H2,1-3H3. The number of ketones is 1. The molecule has 0 spiro atoms. The van der Waals surface area contributed by atoms with Crippen molar-refractivity contribution in [3.63, 3.8) is 0 Å². The Morgan fingerprint density at radius 1 is 1.14 bits per heavy atom. The Kier molecular flexibility index (Phi) is 4.46. The summed E-state index contributed by atoms with van der Waals surface area (Å²) in [5.41, 5.74) is 1.18. The van der Waals surface area contributed by atoms with Crippen molar-refractivity contribution < 1.29 is 14.3 Å². The van der Waals surface area contributed by atoms with Gasteiger partial charge in [-0.05, 0) is 19.1 Å². The van der Waals surface area contributed by atoms with E-state index < -0.39 is 17.9 Å². The molecule has 0 aliphatic carbocycles. The summed E-state index contributed by atoms with van der Waals surface area (Å²) in [6.07, 6.45) is 6.98. The zero-order valence-electron chi connectivity index (χ0n) is 15.9. The summed E-state index contributed by atoms with van der Waals surface area (Å²) in [5.74, 6) is -0.00392. The van der Waals surface area contributed by atoms with E-state index in [1.165, 1.54) is 0 Å². The molecule has 3 aromatic rings. The minimum Gasteiger partial charge on any atom is -0.462 e. The van der Waals surface area contributed by atoms with Crippen LogP contribution in [0.15, 0.2) is 43.0 Å². The molecule has 4 rings (SSSR count). The molecule has 28 heavy (non-hydrogen) atoms. The number of nitrogens with one attached hydrogen (secondary N) is 1. The molecule has 0 radical (unpaired) electrons. The van der Waals surface area contributed by atoms with Gasteiger partial charge in [-0.2, -0.15) is 0 Å². The van der Waals surface area contributed by atoms with Crippen LogP contribution in [0.1, 0.15) is 51.2 Å². The summed E-state index contributed by atoms with van der Waals surface area (Å²) >= 11 is 0. The third kappa shape index (κ3) is 2.77. The van der Waals surface area contributed by atoms with Crippen molar-refractivity contribution in [1.82, 2.24) is 19.1 Å². The van der Waals surface area contributed by atoms with Crippen LogP contribution in [-0.2, 0) is 18.8 Å². The fourth-order valence-corrected chi connectivity index (χ4v) is 3.71. The van der Waals surface area contributed by atoms with Crippen LogP contribution in [0.5, 0.6) is 0 Å². The SMILES string of the molecule is CCOC(=O)c1cccc2c1C(=O)C(c1nccn1C)C(c1nccn1C)N2. The predicted octanol–water partition coefficient (Wildman–Crippen LogP) is 2.46. The smallest absolute Gasteiger partial charge is 0.338 e. The number of Topliss-reactive ketones (excluding diaryl/α,β-unsaturated/α-hetero) is 1. The highest BCUT2D eigenvalue weighted by atomic mass is 16.5. The first-order chi connectivity index (χ1) is 13.5. The van der Waals surface area contributed by atoms with Gasteiger partial charge in [0, 0.05) is 44.6 Å². The molecule has 1 aromatic carbocycles. The zero-order valence-corrected chi connectivity index (χ0v) is 15.9. The Morgan fingerprint density at radius 2 is 1.82 bits per heavy atom. The second-order valence-corrected chi connectivity index (χ2v) is 6.71. The minimum atomic E-state index is -0.635. The Morgan fingerprint density at radius 3 is 2.43 bits per heavy atom. The molecule has 0 saturated carbocycles. The molecule has 0 bridgehead atoms. The molecule has 2 aromatic heterocycles. The fourth-order valence-electron chi connectivity index (χ4n) is 3.71. The Labute approximate surface area is 162 Å². The lowest BCUT2D eigenvalue weighted by Gasteiger charge is -2.33. The molecule has 8 heteroatoms. The molecule has 1 N–H and O–H groups in total. The molecular formula is C20H21N5O3. The van der Waals surface area contributed by atoms with Crippen LogP contribution in [0, 0.1) is 0 Å². The van der Waals surface area contributed by atoms with Crippen LogP contribution in [0.4, 0.5) is 5.69 Å². The third-order valence-corrected chi connectivity index (χ3v) is 5.01. The number of fused-ring (bicyclic) bond motifs is 1. The number of anilines is 1. The highest BCUT2D eigenvalue weighted by molar-refractivity contribution is 6.14. The van der Waals surface area contributed by atoms with E-state index in [0.717, 1.165) is 0 Å². The lowest BCUT2D eigenvalue weighted by Crippen LogP contribution is -2.36. The maximum absolute atomic E-state index is 13.7. The molecule has 2 unspecified atom stereocenters. The number of ether oxygens (including phenoxy) is 1. The van der Waals surface area contributed by atoms with E-state index >= 15 is 0 Å². The van der Waals surface area contributed by atoms with E-state index in [-0.39, 0.29) is 18.0 Å². The van der Waals surface area contributed by atoms with Gasteiger partial charge < -0.3 is 19.2 Å². The second-order valence-electron chi connectivity index (χ2n) is 6.71. The number of aryl methyl sites for hydroxylation is 2. The van der Waals surface area contributed by atoms with Gasteiger partial charge in [-0.15, -0.1) is 0 Å². The highest BCUT2D eigenvalue weighted by Crippen LogP contribution is 2.42. The van der Waals surface area contributed by atoms with Crippen molar-refractivity contribution >= 4 is 17.4 Å². The monoisotopic (exact) mass is 379 g/mol. The predicted molar refractivity (Wildman–Crippen MR) is 102 cm³/mol. The number of aromatic nitrogens is 4.